The van der Waals surface area contributed by atoms with Crippen molar-refractivity contribution in [3.8, 4) is 0 Å². The summed E-state index contributed by atoms with van der Waals surface area (Å²) in [4.78, 5) is 51.7. The van der Waals surface area contributed by atoms with Crippen LogP contribution >= 0.6 is 0 Å². The molecule has 12 heteroatoms. The van der Waals surface area contributed by atoms with Gasteiger partial charge in [0.15, 0.2) is 0 Å². The minimum Gasteiger partial charge on any atom is -0.444 e. The van der Waals surface area contributed by atoms with E-state index in [-0.39, 0.29) is 12.6 Å². The van der Waals surface area contributed by atoms with Crippen LogP contribution in [-0.4, -0.2) is 112 Å². The normalized spacial score (nSPS) is 16.3. The molecular formula is C39H62N6O6. The summed E-state index contributed by atoms with van der Waals surface area (Å²) in [5, 5.41) is 3.45. The molecule has 3 rings (SSSR count). The minimum absolute atomic E-state index is 0.271. The molecule has 1 saturated heterocycles. The number of pyridine rings is 1. The van der Waals surface area contributed by atoms with Crippen LogP contribution in [0.25, 0.3) is 0 Å². The largest absolute Gasteiger partial charge is 0.444 e. The van der Waals surface area contributed by atoms with Crippen molar-refractivity contribution in [1.82, 2.24) is 29.9 Å². The van der Waals surface area contributed by atoms with E-state index in [1.165, 1.54) is 5.56 Å². The number of aromatic nitrogens is 1. The number of carbonyl (C=O) groups is 3. The molecule has 51 heavy (non-hydrogen) atoms. The Labute approximate surface area is 305 Å². The van der Waals surface area contributed by atoms with Gasteiger partial charge in [-0.15, -0.1) is 0 Å². The molecular weight excluding hydrogens is 648 g/mol. The molecule has 1 aliphatic heterocycles. The Bertz CT molecular complexity index is 1370. The van der Waals surface area contributed by atoms with Crippen molar-refractivity contribution in [3.63, 3.8) is 0 Å². The van der Waals surface area contributed by atoms with E-state index in [4.69, 9.17) is 14.2 Å². The van der Waals surface area contributed by atoms with E-state index >= 15 is 0 Å². The predicted molar refractivity (Wildman–Crippen MR) is 199 cm³/mol. The molecule has 3 amide bonds. The SMILES string of the molecule is CC(C)(C)OC(=O)N1CCCN(C(=O)OC(C)(C)C)CCN(C(=O)OC(C)(C)C)CCCN(Cc2ccc(CNCc3ccccn3)cc2)CC1. The second kappa shape index (κ2) is 19.1. The van der Waals surface area contributed by atoms with Gasteiger partial charge in [-0.25, -0.2) is 14.4 Å². The first-order valence-corrected chi connectivity index (χ1v) is 18.2. The summed E-state index contributed by atoms with van der Waals surface area (Å²) in [5.74, 6) is 0. The minimum atomic E-state index is -0.676. The highest BCUT2D eigenvalue weighted by atomic mass is 16.6. The van der Waals surface area contributed by atoms with Gasteiger partial charge in [0.25, 0.3) is 0 Å². The highest BCUT2D eigenvalue weighted by molar-refractivity contribution is 5.70. The third-order valence-electron chi connectivity index (χ3n) is 7.83. The zero-order valence-electron chi connectivity index (χ0n) is 32.5. The molecule has 1 aliphatic rings. The molecule has 1 N–H and O–H groups in total. The second-order valence-electron chi connectivity index (χ2n) is 16.1. The molecule has 0 aliphatic carbocycles. The number of nitrogens with zero attached hydrogens (tertiary/aromatic N) is 5. The van der Waals surface area contributed by atoms with Crippen molar-refractivity contribution in [2.24, 2.45) is 0 Å². The summed E-state index contributed by atoms with van der Waals surface area (Å²) in [6, 6.07) is 14.5. The zero-order chi connectivity index (χ0) is 37.7. The second-order valence-corrected chi connectivity index (χ2v) is 16.1. The molecule has 0 unspecified atom stereocenters. The first-order chi connectivity index (χ1) is 23.9. The fraction of sp³-hybridized carbons (Fsp3) is 0.641. The lowest BCUT2D eigenvalue weighted by atomic mass is 10.1. The maximum Gasteiger partial charge on any atom is 0.410 e. The van der Waals surface area contributed by atoms with Gasteiger partial charge in [0.05, 0.1) is 5.69 Å². The number of carbonyl (C=O) groups excluding carboxylic acids is 3. The first kappa shape index (κ1) is 41.5. The van der Waals surface area contributed by atoms with Gasteiger partial charge in [0.1, 0.15) is 16.8 Å². The molecule has 2 heterocycles. The highest BCUT2D eigenvalue weighted by Crippen LogP contribution is 2.16. The summed E-state index contributed by atoms with van der Waals surface area (Å²) < 4.78 is 17.3. The Morgan fingerprint density at radius 1 is 0.588 bits per heavy atom. The molecule has 1 fully saturated rings. The number of hydrogen-bond acceptors (Lipinski definition) is 9. The van der Waals surface area contributed by atoms with Crippen molar-refractivity contribution < 1.29 is 28.6 Å². The van der Waals surface area contributed by atoms with Crippen LogP contribution in [0, 0.1) is 0 Å². The summed E-state index contributed by atoms with van der Waals surface area (Å²) in [7, 11) is 0. The monoisotopic (exact) mass is 710 g/mol. The lowest BCUT2D eigenvalue weighted by Crippen LogP contribution is -2.47. The Kier molecular flexibility index (Phi) is 15.5. The molecule has 0 radical (unpaired) electrons. The van der Waals surface area contributed by atoms with Gasteiger partial charge >= 0.3 is 18.3 Å². The van der Waals surface area contributed by atoms with Crippen LogP contribution in [-0.2, 0) is 33.8 Å². The quantitative estimate of drug-likeness (QED) is 0.328. The summed E-state index contributed by atoms with van der Waals surface area (Å²) in [6.07, 6.45) is 1.75. The number of benzene rings is 1. The number of ether oxygens (including phenoxy) is 3. The predicted octanol–water partition coefficient (Wildman–Crippen LogP) is 6.68. The molecule has 0 atom stereocenters. The maximum atomic E-state index is 13.4. The molecule has 1 aromatic heterocycles. The van der Waals surface area contributed by atoms with Crippen LogP contribution in [0.5, 0.6) is 0 Å². The van der Waals surface area contributed by atoms with Crippen molar-refractivity contribution in [1.29, 1.82) is 0 Å². The van der Waals surface area contributed by atoms with E-state index < -0.39 is 29.0 Å². The van der Waals surface area contributed by atoms with Crippen molar-refractivity contribution in [2.45, 2.75) is 112 Å². The highest BCUT2D eigenvalue weighted by Gasteiger charge is 2.28. The molecule has 2 aromatic rings. The standard InChI is InChI=1S/C39H62N6O6/c1-37(2,3)49-34(46)43-22-13-23-45(36(48)51-39(7,8)9)27-26-44(35(47)50-38(4,5)6)21-12-20-42(24-25-43)30-32-17-15-31(16-18-32)28-40-29-33-14-10-11-19-41-33/h10-11,14-19,40H,12-13,20-30H2,1-9H3. The molecule has 1 aromatic carbocycles. The molecule has 284 valence electrons. The average molecular weight is 711 g/mol. The van der Waals surface area contributed by atoms with Crippen LogP contribution in [0.15, 0.2) is 48.7 Å². The Morgan fingerprint density at radius 3 is 1.49 bits per heavy atom. The van der Waals surface area contributed by atoms with Crippen LogP contribution in [0.1, 0.15) is 92.0 Å². The van der Waals surface area contributed by atoms with Crippen molar-refractivity contribution in [2.75, 3.05) is 52.4 Å². The number of rotatable bonds is 6. The van der Waals surface area contributed by atoms with E-state index in [0.717, 1.165) is 17.8 Å². The third kappa shape index (κ3) is 16.8. The Morgan fingerprint density at radius 2 is 1.04 bits per heavy atom. The van der Waals surface area contributed by atoms with Crippen LogP contribution < -0.4 is 5.32 Å². The van der Waals surface area contributed by atoms with E-state index in [2.05, 4.69) is 39.5 Å². The Hall–Kier alpha value is -3.90. The third-order valence-corrected chi connectivity index (χ3v) is 7.83. The Balaban J connectivity index is 1.78. The van der Waals surface area contributed by atoms with Gasteiger partial charge in [-0.2, -0.15) is 0 Å². The van der Waals surface area contributed by atoms with Gasteiger partial charge in [0, 0.05) is 78.2 Å². The lowest BCUT2D eigenvalue weighted by Gasteiger charge is -2.34. The average Bonchev–Trinajstić information content (AvgIpc) is 3.01. The fourth-order valence-electron chi connectivity index (χ4n) is 5.43. The van der Waals surface area contributed by atoms with Crippen molar-refractivity contribution >= 4 is 18.3 Å². The molecule has 0 spiro atoms. The van der Waals surface area contributed by atoms with Crippen molar-refractivity contribution in [3.05, 3.63) is 65.5 Å². The van der Waals surface area contributed by atoms with Gasteiger partial charge in [-0.1, -0.05) is 30.3 Å². The smallest absolute Gasteiger partial charge is 0.410 e. The zero-order valence-corrected chi connectivity index (χ0v) is 32.5. The number of hydrogen-bond donors (Lipinski definition) is 1. The number of nitrogens with one attached hydrogen (secondary N) is 1. The molecule has 12 nitrogen and oxygen atoms in total. The van der Waals surface area contributed by atoms with E-state index in [0.29, 0.717) is 71.7 Å². The topological polar surface area (TPSA) is 117 Å². The lowest BCUT2D eigenvalue weighted by molar-refractivity contribution is 0.0101. The van der Waals surface area contributed by atoms with Gasteiger partial charge in [-0.05, 0) is 98.4 Å². The van der Waals surface area contributed by atoms with E-state index in [9.17, 15) is 14.4 Å². The van der Waals surface area contributed by atoms with Crippen LogP contribution in [0.4, 0.5) is 14.4 Å². The van der Waals surface area contributed by atoms with Crippen LogP contribution in [0.2, 0.25) is 0 Å². The first-order valence-electron chi connectivity index (χ1n) is 18.2. The van der Waals surface area contributed by atoms with Crippen LogP contribution in [0.3, 0.4) is 0 Å². The van der Waals surface area contributed by atoms with E-state index in [1.54, 1.807) is 20.9 Å². The molecule has 0 saturated carbocycles. The summed E-state index contributed by atoms with van der Waals surface area (Å²) in [5.41, 5.74) is 1.37. The van der Waals surface area contributed by atoms with Gasteiger partial charge in [-0.3, -0.25) is 9.88 Å². The summed E-state index contributed by atoms with van der Waals surface area (Å²) in [6.45, 7) is 22.2. The fourth-order valence-corrected chi connectivity index (χ4v) is 5.43. The summed E-state index contributed by atoms with van der Waals surface area (Å²) >= 11 is 0. The van der Waals surface area contributed by atoms with Gasteiger partial charge < -0.3 is 34.2 Å². The number of amides is 3. The van der Waals surface area contributed by atoms with Gasteiger partial charge in [0.2, 0.25) is 0 Å². The maximum absolute atomic E-state index is 13.4. The van der Waals surface area contributed by atoms with E-state index in [1.807, 2.05) is 80.5 Å². The molecule has 0 bridgehead atoms.